The van der Waals surface area contributed by atoms with Crippen LogP contribution in [0.2, 0.25) is 0 Å². The molecule has 0 aliphatic carbocycles. The molecule has 6 nitrogen and oxygen atoms in total. The smallest absolute Gasteiger partial charge is 0.276 e. The second-order valence-electron chi connectivity index (χ2n) is 7.26. The number of piperidine rings is 1. The minimum Gasteiger partial charge on any atom is -0.337 e. The molecule has 1 fully saturated rings. The molecule has 2 N–H and O–H groups in total. The summed E-state index contributed by atoms with van der Waals surface area (Å²) < 4.78 is 1.62. The summed E-state index contributed by atoms with van der Waals surface area (Å²) in [4.78, 5) is 14.8. The number of benzene rings is 2. The zero-order chi connectivity index (χ0) is 19.4. The van der Waals surface area contributed by atoms with E-state index in [0.29, 0.717) is 31.9 Å². The first-order valence-corrected chi connectivity index (χ1v) is 9.73. The normalized spacial score (nSPS) is 16.1. The molecule has 1 saturated heterocycles. The van der Waals surface area contributed by atoms with E-state index < -0.39 is 0 Å². The maximum Gasteiger partial charge on any atom is 0.276 e. The number of aromatic nitrogens is 3. The summed E-state index contributed by atoms with van der Waals surface area (Å²) in [5.41, 5.74) is 8.48. The highest BCUT2D eigenvalue weighted by atomic mass is 16.2. The zero-order valence-corrected chi connectivity index (χ0v) is 15.9. The van der Waals surface area contributed by atoms with Gasteiger partial charge in [0.05, 0.1) is 12.7 Å². The van der Waals surface area contributed by atoms with E-state index in [9.17, 15) is 4.79 Å². The topological polar surface area (TPSA) is 77.0 Å². The van der Waals surface area contributed by atoms with Gasteiger partial charge in [0.15, 0.2) is 5.69 Å². The lowest BCUT2D eigenvalue weighted by Gasteiger charge is -2.42. The van der Waals surface area contributed by atoms with Crippen molar-refractivity contribution in [2.24, 2.45) is 5.73 Å². The Morgan fingerprint density at radius 3 is 2.07 bits per heavy atom. The number of nitrogens with two attached hydrogens (primary N) is 1. The second kappa shape index (κ2) is 7.94. The Bertz CT molecular complexity index is 873. The van der Waals surface area contributed by atoms with Crippen molar-refractivity contribution in [2.45, 2.75) is 24.8 Å². The van der Waals surface area contributed by atoms with E-state index in [-0.39, 0.29) is 11.3 Å². The summed E-state index contributed by atoms with van der Waals surface area (Å²) in [5, 5.41) is 8.01. The van der Waals surface area contributed by atoms with Gasteiger partial charge in [-0.2, -0.15) is 0 Å². The number of likely N-dealkylation sites (tertiary alicyclic amines) is 1. The number of carbonyl (C=O) groups is 1. The number of amides is 1. The molecule has 0 bridgehead atoms. The summed E-state index contributed by atoms with van der Waals surface area (Å²) in [5.74, 6) is -0.0574. The van der Waals surface area contributed by atoms with Gasteiger partial charge >= 0.3 is 0 Å². The Hall–Kier alpha value is -2.99. The van der Waals surface area contributed by atoms with Gasteiger partial charge in [-0.15, -0.1) is 5.10 Å². The van der Waals surface area contributed by atoms with Gasteiger partial charge < -0.3 is 10.6 Å². The quantitative estimate of drug-likeness (QED) is 0.743. The van der Waals surface area contributed by atoms with Crippen LogP contribution in [0, 0.1) is 0 Å². The Morgan fingerprint density at radius 1 is 0.964 bits per heavy atom. The third kappa shape index (κ3) is 3.43. The van der Waals surface area contributed by atoms with Crippen molar-refractivity contribution in [1.82, 2.24) is 19.9 Å². The lowest BCUT2D eigenvalue weighted by Crippen LogP contribution is -2.45. The van der Waals surface area contributed by atoms with Crippen LogP contribution in [0.4, 0.5) is 0 Å². The molecule has 3 aromatic rings. The van der Waals surface area contributed by atoms with E-state index in [1.165, 1.54) is 11.1 Å². The molecule has 1 amide bonds. The molecule has 1 aliphatic heterocycles. The highest BCUT2D eigenvalue weighted by molar-refractivity contribution is 5.92. The van der Waals surface area contributed by atoms with Gasteiger partial charge in [-0.1, -0.05) is 65.9 Å². The van der Waals surface area contributed by atoms with E-state index in [2.05, 4.69) is 58.8 Å². The number of rotatable bonds is 5. The van der Waals surface area contributed by atoms with Gasteiger partial charge in [-0.3, -0.25) is 9.48 Å². The molecule has 6 heteroatoms. The lowest BCUT2D eigenvalue weighted by molar-refractivity contribution is 0.0679. The molecule has 2 aromatic carbocycles. The highest BCUT2D eigenvalue weighted by Gasteiger charge is 2.39. The zero-order valence-electron chi connectivity index (χ0n) is 15.9. The summed E-state index contributed by atoms with van der Waals surface area (Å²) in [6, 6.07) is 21.2. The average molecular weight is 375 g/mol. The minimum atomic E-state index is -0.0730. The van der Waals surface area contributed by atoms with Crippen LogP contribution < -0.4 is 5.73 Å². The molecule has 0 atom stereocenters. The Kier molecular flexibility index (Phi) is 5.21. The largest absolute Gasteiger partial charge is 0.337 e. The highest BCUT2D eigenvalue weighted by Crippen LogP contribution is 2.41. The van der Waals surface area contributed by atoms with E-state index in [4.69, 9.17) is 5.73 Å². The van der Waals surface area contributed by atoms with Crippen molar-refractivity contribution in [3.05, 3.63) is 83.7 Å². The summed E-state index contributed by atoms with van der Waals surface area (Å²) in [6.07, 6.45) is 3.44. The Morgan fingerprint density at radius 2 is 1.54 bits per heavy atom. The van der Waals surface area contributed by atoms with Crippen LogP contribution in [-0.2, 0) is 12.0 Å². The third-order valence-corrected chi connectivity index (χ3v) is 5.67. The van der Waals surface area contributed by atoms with Crippen molar-refractivity contribution >= 4 is 5.91 Å². The summed E-state index contributed by atoms with van der Waals surface area (Å²) in [7, 11) is 0. The standard InChI is InChI=1S/C22H25N5O/c23-13-16-27-17-20(24-25-27)21(28)26-14-11-22(12-15-26,18-7-3-1-4-8-18)19-9-5-2-6-10-19/h1-10,17H,11-16,23H2. The second-order valence-corrected chi connectivity index (χ2v) is 7.26. The van der Waals surface area contributed by atoms with Crippen LogP contribution in [0.25, 0.3) is 0 Å². The van der Waals surface area contributed by atoms with Gasteiger partial charge in [0, 0.05) is 25.0 Å². The van der Waals surface area contributed by atoms with Gasteiger partial charge in [0.2, 0.25) is 0 Å². The van der Waals surface area contributed by atoms with E-state index in [1.54, 1.807) is 10.9 Å². The molecular weight excluding hydrogens is 350 g/mol. The predicted octanol–water partition coefficient (Wildman–Crippen LogP) is 2.46. The molecule has 1 aromatic heterocycles. The molecule has 2 heterocycles. The van der Waals surface area contributed by atoms with Crippen LogP contribution in [0.3, 0.4) is 0 Å². The fourth-order valence-corrected chi connectivity index (χ4v) is 4.15. The van der Waals surface area contributed by atoms with Crippen LogP contribution in [-0.4, -0.2) is 45.4 Å². The first kappa shape index (κ1) is 18.4. The molecular formula is C22H25N5O. The van der Waals surface area contributed by atoms with Crippen molar-refractivity contribution in [1.29, 1.82) is 0 Å². The first-order chi connectivity index (χ1) is 13.7. The van der Waals surface area contributed by atoms with Gasteiger partial charge in [0.25, 0.3) is 5.91 Å². The van der Waals surface area contributed by atoms with Gasteiger partial charge in [-0.25, -0.2) is 0 Å². The van der Waals surface area contributed by atoms with Crippen LogP contribution in [0.1, 0.15) is 34.5 Å². The first-order valence-electron chi connectivity index (χ1n) is 9.73. The Balaban J connectivity index is 1.56. The van der Waals surface area contributed by atoms with Crippen LogP contribution >= 0.6 is 0 Å². The molecule has 0 radical (unpaired) electrons. The van der Waals surface area contributed by atoms with Crippen molar-refractivity contribution in [3.63, 3.8) is 0 Å². The fourth-order valence-electron chi connectivity index (χ4n) is 4.15. The maximum absolute atomic E-state index is 12.9. The Labute approximate surface area is 165 Å². The van der Waals surface area contributed by atoms with E-state index in [0.717, 1.165) is 12.8 Å². The summed E-state index contributed by atoms with van der Waals surface area (Å²) >= 11 is 0. The van der Waals surface area contributed by atoms with Crippen molar-refractivity contribution in [3.8, 4) is 0 Å². The number of hydrogen-bond acceptors (Lipinski definition) is 4. The molecule has 0 spiro atoms. The average Bonchev–Trinajstić information content (AvgIpc) is 3.23. The molecule has 28 heavy (non-hydrogen) atoms. The van der Waals surface area contributed by atoms with Gasteiger partial charge in [0.1, 0.15) is 0 Å². The number of hydrogen-bond donors (Lipinski definition) is 1. The van der Waals surface area contributed by atoms with Crippen LogP contribution in [0.5, 0.6) is 0 Å². The predicted molar refractivity (Wildman–Crippen MR) is 108 cm³/mol. The number of carbonyl (C=O) groups excluding carboxylic acids is 1. The summed E-state index contributed by atoms with van der Waals surface area (Å²) in [6.45, 7) is 2.40. The molecule has 1 aliphatic rings. The maximum atomic E-state index is 12.9. The minimum absolute atomic E-state index is 0.0574. The molecule has 4 rings (SSSR count). The fraction of sp³-hybridized carbons (Fsp3) is 0.318. The van der Waals surface area contributed by atoms with Gasteiger partial charge in [-0.05, 0) is 24.0 Å². The van der Waals surface area contributed by atoms with E-state index >= 15 is 0 Å². The van der Waals surface area contributed by atoms with Crippen molar-refractivity contribution < 1.29 is 4.79 Å². The van der Waals surface area contributed by atoms with E-state index in [1.807, 2.05) is 17.0 Å². The van der Waals surface area contributed by atoms with Crippen LogP contribution in [0.15, 0.2) is 66.9 Å². The third-order valence-electron chi connectivity index (χ3n) is 5.67. The lowest BCUT2D eigenvalue weighted by atomic mass is 9.68. The number of nitrogens with zero attached hydrogens (tertiary/aromatic N) is 4. The molecule has 0 saturated carbocycles. The monoisotopic (exact) mass is 375 g/mol. The molecule has 144 valence electrons. The van der Waals surface area contributed by atoms with Crippen molar-refractivity contribution in [2.75, 3.05) is 19.6 Å². The SMILES string of the molecule is NCCn1cc(C(=O)N2CCC(c3ccccc3)(c3ccccc3)CC2)nn1. The molecule has 0 unspecified atom stereocenters.